The van der Waals surface area contributed by atoms with Crippen LogP contribution in [0.25, 0.3) is 0 Å². The summed E-state index contributed by atoms with van der Waals surface area (Å²) in [5, 5.41) is 0. The predicted molar refractivity (Wildman–Crippen MR) is 103 cm³/mol. The van der Waals surface area contributed by atoms with Crippen LogP contribution in [0.1, 0.15) is 65.1 Å². The van der Waals surface area contributed by atoms with Gasteiger partial charge in [0.05, 0.1) is 4.88 Å². The van der Waals surface area contributed by atoms with E-state index in [0.717, 1.165) is 25.7 Å². The SMILES string of the molecule is O=C(NNC(=O)C1CCN(C(=O)C2CC2)CC1)c1cc2c(s1)CCCCC2. The quantitative estimate of drug-likeness (QED) is 0.616. The van der Waals surface area contributed by atoms with Gasteiger partial charge in [-0.15, -0.1) is 11.3 Å². The Bertz CT molecular complexity index is 709. The van der Waals surface area contributed by atoms with Crippen LogP contribution in [0.3, 0.4) is 0 Å². The Kier molecular flexibility index (Phi) is 5.48. The lowest BCUT2D eigenvalue weighted by Crippen LogP contribution is -2.48. The molecule has 1 saturated carbocycles. The minimum Gasteiger partial charge on any atom is -0.342 e. The first kappa shape index (κ1) is 18.5. The highest BCUT2D eigenvalue weighted by Gasteiger charge is 2.36. The van der Waals surface area contributed by atoms with Gasteiger partial charge in [0.2, 0.25) is 11.8 Å². The van der Waals surface area contributed by atoms with Gasteiger partial charge >= 0.3 is 0 Å². The minimum atomic E-state index is -0.234. The topological polar surface area (TPSA) is 78.5 Å². The van der Waals surface area contributed by atoms with Crippen molar-refractivity contribution in [1.82, 2.24) is 15.8 Å². The Hall–Kier alpha value is -1.89. The molecule has 0 bridgehead atoms. The number of hydrazine groups is 1. The Morgan fingerprint density at radius 2 is 1.67 bits per heavy atom. The smallest absolute Gasteiger partial charge is 0.279 e. The van der Waals surface area contributed by atoms with Crippen LogP contribution >= 0.6 is 11.3 Å². The van der Waals surface area contributed by atoms with Crippen molar-refractivity contribution in [2.75, 3.05) is 13.1 Å². The largest absolute Gasteiger partial charge is 0.342 e. The van der Waals surface area contributed by atoms with Gasteiger partial charge in [0.15, 0.2) is 0 Å². The summed E-state index contributed by atoms with van der Waals surface area (Å²) in [5.74, 6) is -0.0495. The lowest BCUT2D eigenvalue weighted by Gasteiger charge is -2.31. The fraction of sp³-hybridized carbons (Fsp3) is 0.650. The van der Waals surface area contributed by atoms with E-state index in [-0.39, 0.29) is 29.6 Å². The normalized spacial score (nSPS) is 20.5. The second-order valence-electron chi connectivity index (χ2n) is 7.94. The molecule has 1 saturated heterocycles. The minimum absolute atomic E-state index is 0.145. The molecule has 1 aromatic heterocycles. The average Bonchev–Trinajstić information content (AvgIpc) is 3.50. The predicted octanol–water partition coefficient (Wildman–Crippen LogP) is 2.43. The van der Waals surface area contributed by atoms with E-state index in [2.05, 4.69) is 10.9 Å². The Morgan fingerprint density at radius 1 is 0.926 bits per heavy atom. The number of nitrogens with one attached hydrogen (secondary N) is 2. The van der Waals surface area contributed by atoms with E-state index in [1.807, 2.05) is 11.0 Å². The lowest BCUT2D eigenvalue weighted by atomic mass is 9.96. The van der Waals surface area contributed by atoms with Gasteiger partial charge in [0, 0.05) is 29.8 Å². The molecule has 4 rings (SSSR count). The van der Waals surface area contributed by atoms with Crippen LogP contribution in [0.4, 0.5) is 0 Å². The summed E-state index contributed by atoms with van der Waals surface area (Å²) >= 11 is 1.55. The van der Waals surface area contributed by atoms with E-state index in [9.17, 15) is 14.4 Å². The molecule has 1 aliphatic heterocycles. The maximum Gasteiger partial charge on any atom is 0.279 e. The number of thiophene rings is 1. The number of amides is 3. The standard InChI is InChI=1S/C20H27N3O3S/c24-18(13-8-10-23(11-9-13)20(26)14-6-7-14)21-22-19(25)17-12-15-4-2-1-3-5-16(15)27-17/h12-14H,1-11H2,(H,21,24)(H,22,25). The van der Waals surface area contributed by atoms with Gasteiger partial charge < -0.3 is 4.90 Å². The Balaban J connectivity index is 1.24. The van der Waals surface area contributed by atoms with Crippen molar-refractivity contribution >= 4 is 29.1 Å². The van der Waals surface area contributed by atoms with E-state index in [1.54, 1.807) is 11.3 Å². The van der Waals surface area contributed by atoms with Crippen molar-refractivity contribution < 1.29 is 14.4 Å². The first-order valence-electron chi connectivity index (χ1n) is 10.1. The molecule has 3 amide bonds. The highest BCUT2D eigenvalue weighted by atomic mass is 32.1. The van der Waals surface area contributed by atoms with Crippen LogP contribution in [0.15, 0.2) is 6.07 Å². The fourth-order valence-electron chi connectivity index (χ4n) is 4.01. The molecule has 0 spiro atoms. The number of carbonyl (C=O) groups is 3. The van der Waals surface area contributed by atoms with E-state index < -0.39 is 0 Å². The van der Waals surface area contributed by atoms with Gasteiger partial charge in [-0.25, -0.2) is 0 Å². The maximum absolute atomic E-state index is 12.4. The summed E-state index contributed by atoms with van der Waals surface area (Å²) in [6.45, 7) is 1.28. The molecule has 0 atom stereocenters. The van der Waals surface area contributed by atoms with Gasteiger partial charge in [-0.1, -0.05) is 6.42 Å². The van der Waals surface area contributed by atoms with E-state index in [4.69, 9.17) is 0 Å². The molecule has 1 aromatic rings. The number of fused-ring (bicyclic) bond motifs is 1. The third-order valence-corrected chi connectivity index (χ3v) is 7.11. The zero-order valence-corrected chi connectivity index (χ0v) is 16.4. The number of hydrogen-bond acceptors (Lipinski definition) is 4. The monoisotopic (exact) mass is 389 g/mol. The number of rotatable bonds is 3. The van der Waals surface area contributed by atoms with Gasteiger partial charge in [-0.2, -0.15) is 0 Å². The van der Waals surface area contributed by atoms with Gasteiger partial charge in [0.25, 0.3) is 5.91 Å². The van der Waals surface area contributed by atoms with Gasteiger partial charge in [-0.05, 0) is 63.0 Å². The molecule has 146 valence electrons. The molecule has 2 fully saturated rings. The van der Waals surface area contributed by atoms with E-state index in [0.29, 0.717) is 30.8 Å². The van der Waals surface area contributed by atoms with Crippen LogP contribution in [0.5, 0.6) is 0 Å². The molecule has 2 aliphatic carbocycles. The van der Waals surface area contributed by atoms with Gasteiger partial charge in [-0.3, -0.25) is 25.2 Å². The summed E-state index contributed by atoms with van der Waals surface area (Å²) in [4.78, 5) is 40.7. The summed E-state index contributed by atoms with van der Waals surface area (Å²) in [6, 6.07) is 1.98. The van der Waals surface area contributed by atoms with Crippen molar-refractivity contribution in [2.45, 2.75) is 57.8 Å². The molecule has 3 aliphatic rings. The van der Waals surface area contributed by atoms with Crippen molar-refractivity contribution in [3.63, 3.8) is 0 Å². The number of likely N-dealkylation sites (tertiary alicyclic amines) is 1. The van der Waals surface area contributed by atoms with Crippen LogP contribution in [-0.2, 0) is 22.4 Å². The number of carbonyl (C=O) groups excluding carboxylic acids is 3. The third kappa shape index (κ3) is 4.34. The van der Waals surface area contributed by atoms with Crippen LogP contribution in [0, 0.1) is 11.8 Å². The zero-order chi connectivity index (χ0) is 18.8. The Labute approximate surface area is 163 Å². The summed E-state index contributed by atoms with van der Waals surface area (Å²) in [7, 11) is 0. The second kappa shape index (κ2) is 8.00. The molecule has 0 aromatic carbocycles. The molecular formula is C20H27N3O3S. The molecule has 7 heteroatoms. The molecule has 6 nitrogen and oxygen atoms in total. The van der Waals surface area contributed by atoms with Crippen LogP contribution in [-0.4, -0.2) is 35.7 Å². The highest BCUT2D eigenvalue weighted by Crippen LogP contribution is 2.32. The summed E-state index contributed by atoms with van der Waals surface area (Å²) < 4.78 is 0. The average molecular weight is 390 g/mol. The van der Waals surface area contributed by atoms with E-state index >= 15 is 0 Å². The highest BCUT2D eigenvalue weighted by molar-refractivity contribution is 7.14. The molecule has 2 N–H and O–H groups in total. The van der Waals surface area contributed by atoms with Crippen molar-refractivity contribution in [2.24, 2.45) is 11.8 Å². The molecule has 2 heterocycles. The number of hydrogen-bond donors (Lipinski definition) is 2. The zero-order valence-electron chi connectivity index (χ0n) is 15.6. The molecule has 0 unspecified atom stereocenters. The second-order valence-corrected chi connectivity index (χ2v) is 9.07. The third-order valence-electron chi connectivity index (χ3n) is 5.87. The first-order valence-corrected chi connectivity index (χ1v) is 10.9. The number of aryl methyl sites for hydroxylation is 2. The first-order chi connectivity index (χ1) is 13.1. The fourth-order valence-corrected chi connectivity index (χ4v) is 5.16. The number of nitrogens with zero attached hydrogens (tertiary/aromatic N) is 1. The summed E-state index contributed by atoms with van der Waals surface area (Å²) in [6.07, 6.45) is 9.07. The van der Waals surface area contributed by atoms with E-state index in [1.165, 1.54) is 29.7 Å². The van der Waals surface area contributed by atoms with Crippen molar-refractivity contribution in [3.05, 3.63) is 21.4 Å². The Morgan fingerprint density at radius 3 is 2.41 bits per heavy atom. The molecular weight excluding hydrogens is 362 g/mol. The maximum atomic E-state index is 12.4. The van der Waals surface area contributed by atoms with Crippen LogP contribution in [0.2, 0.25) is 0 Å². The summed E-state index contributed by atoms with van der Waals surface area (Å²) in [5.41, 5.74) is 6.45. The lowest BCUT2D eigenvalue weighted by molar-refractivity contribution is -0.136. The van der Waals surface area contributed by atoms with Crippen molar-refractivity contribution in [3.8, 4) is 0 Å². The van der Waals surface area contributed by atoms with Crippen molar-refractivity contribution in [1.29, 1.82) is 0 Å². The molecule has 0 radical (unpaired) electrons. The van der Waals surface area contributed by atoms with Gasteiger partial charge in [0.1, 0.15) is 0 Å². The molecule has 27 heavy (non-hydrogen) atoms. The number of piperidine rings is 1. The van der Waals surface area contributed by atoms with Crippen LogP contribution < -0.4 is 10.9 Å².